The molecule has 1 heterocycles. The summed E-state index contributed by atoms with van der Waals surface area (Å²) in [5.74, 6) is -3.10. The van der Waals surface area contributed by atoms with Crippen molar-refractivity contribution < 1.29 is 24.3 Å². The van der Waals surface area contributed by atoms with Crippen molar-refractivity contribution in [3.05, 3.63) is 36.0 Å². The lowest BCUT2D eigenvalue weighted by Crippen LogP contribution is -2.52. The Kier molecular flexibility index (Phi) is 9.83. The molecule has 2 atom stereocenters. The van der Waals surface area contributed by atoms with Gasteiger partial charge in [-0.3, -0.25) is 24.2 Å². The summed E-state index contributed by atoms with van der Waals surface area (Å²) in [5, 5.41) is 16.9. The molecule has 0 spiro atoms. The Hall–Kier alpha value is -4.13. The molecule has 0 saturated heterocycles. The van der Waals surface area contributed by atoms with Gasteiger partial charge >= 0.3 is 5.97 Å². The highest BCUT2D eigenvalue weighted by atomic mass is 16.4. The van der Waals surface area contributed by atoms with Crippen molar-refractivity contribution in [1.82, 2.24) is 20.9 Å². The van der Waals surface area contributed by atoms with Gasteiger partial charge in [0.15, 0.2) is 5.96 Å². The molecule has 2 rings (SSSR count). The van der Waals surface area contributed by atoms with E-state index in [9.17, 15) is 19.2 Å². The van der Waals surface area contributed by atoms with E-state index in [1.165, 1.54) is 0 Å². The highest BCUT2D eigenvalue weighted by Gasteiger charge is 2.23. The van der Waals surface area contributed by atoms with Gasteiger partial charge < -0.3 is 43.2 Å². The number of carboxylic acid groups (broad SMARTS) is 1. The second kappa shape index (κ2) is 12.8. The molecule has 2 unspecified atom stereocenters. The molecule has 0 bridgehead atoms. The maximum Gasteiger partial charge on any atom is 0.322 e. The number of H-pyrrole nitrogens is 1. The topological polar surface area (TPSA) is 231 Å². The first kappa shape index (κ1) is 26.1. The first-order valence-electron chi connectivity index (χ1n) is 10.6. The number of fused-ring (bicyclic) bond motifs is 1. The fraction of sp³-hybridized carbons (Fsp3) is 0.381. The second-order valence-corrected chi connectivity index (χ2v) is 7.57. The zero-order valence-corrected chi connectivity index (χ0v) is 18.5. The number of aliphatic carboxylic acids is 1. The van der Waals surface area contributed by atoms with E-state index < -0.39 is 48.9 Å². The minimum Gasteiger partial charge on any atom is -0.480 e. The van der Waals surface area contributed by atoms with E-state index in [1.54, 1.807) is 6.20 Å². The standard InChI is InChI=1S/C21H30N8O5/c22-14(5-3-7-25-21(23)24)19(33)27-10-17(30)29-16(20(34)28-11-18(31)32)8-12-9-26-15-6-2-1-4-13(12)15/h1-2,4,6,9,14,16,26H,3,5,7-8,10-11,22H2,(H,27,33)(H,28,34)(H,29,30)(H,31,32)(H4,23,24,25). The molecule has 13 heteroatoms. The number of benzene rings is 1. The monoisotopic (exact) mass is 474 g/mol. The Morgan fingerprint density at radius 3 is 2.47 bits per heavy atom. The molecule has 0 aliphatic rings. The fourth-order valence-corrected chi connectivity index (χ4v) is 3.21. The second-order valence-electron chi connectivity index (χ2n) is 7.57. The van der Waals surface area contributed by atoms with Gasteiger partial charge in [-0.1, -0.05) is 18.2 Å². The lowest BCUT2D eigenvalue weighted by molar-refractivity contribution is -0.138. The Morgan fingerprint density at radius 1 is 1.06 bits per heavy atom. The van der Waals surface area contributed by atoms with Gasteiger partial charge in [0, 0.05) is 30.1 Å². The minimum atomic E-state index is -1.22. The van der Waals surface area contributed by atoms with Crippen LogP contribution in [-0.4, -0.2) is 71.5 Å². The van der Waals surface area contributed by atoms with Gasteiger partial charge in [-0.25, -0.2) is 0 Å². The third-order valence-corrected chi connectivity index (χ3v) is 4.89. The van der Waals surface area contributed by atoms with Gasteiger partial charge in [0.25, 0.3) is 0 Å². The number of nitrogens with two attached hydrogens (primary N) is 3. The molecule has 2 aromatic rings. The van der Waals surface area contributed by atoms with Crippen molar-refractivity contribution in [3.63, 3.8) is 0 Å². The fourth-order valence-electron chi connectivity index (χ4n) is 3.21. The van der Waals surface area contributed by atoms with Crippen LogP contribution < -0.4 is 33.2 Å². The molecule has 11 N–H and O–H groups in total. The number of amides is 3. The number of carbonyl (C=O) groups is 4. The molecule has 1 aromatic carbocycles. The zero-order valence-electron chi connectivity index (χ0n) is 18.5. The van der Waals surface area contributed by atoms with Gasteiger partial charge in [-0.15, -0.1) is 0 Å². The van der Waals surface area contributed by atoms with E-state index in [2.05, 4.69) is 25.9 Å². The third kappa shape index (κ3) is 8.43. The first-order valence-corrected chi connectivity index (χ1v) is 10.6. The predicted molar refractivity (Wildman–Crippen MR) is 125 cm³/mol. The highest BCUT2D eigenvalue weighted by Crippen LogP contribution is 2.19. The SMILES string of the molecule is NC(N)=NCCCC(N)C(=O)NCC(=O)NC(Cc1c[nH]c2ccccc12)C(=O)NCC(=O)O. The Labute approximate surface area is 195 Å². The number of aromatic amines is 1. The van der Waals surface area contributed by atoms with E-state index in [4.69, 9.17) is 22.3 Å². The maximum atomic E-state index is 12.6. The molecule has 1 aromatic heterocycles. The van der Waals surface area contributed by atoms with Crippen LogP contribution >= 0.6 is 0 Å². The summed E-state index contributed by atoms with van der Waals surface area (Å²) in [5.41, 5.74) is 17.9. The summed E-state index contributed by atoms with van der Waals surface area (Å²) >= 11 is 0. The quantitative estimate of drug-likeness (QED) is 0.0907. The van der Waals surface area contributed by atoms with Crippen molar-refractivity contribution in [2.24, 2.45) is 22.2 Å². The lowest BCUT2D eigenvalue weighted by atomic mass is 10.0. The summed E-state index contributed by atoms with van der Waals surface area (Å²) < 4.78 is 0. The number of hydrogen-bond donors (Lipinski definition) is 8. The number of nitrogens with one attached hydrogen (secondary N) is 4. The molecule has 13 nitrogen and oxygen atoms in total. The minimum absolute atomic E-state index is 0.0516. The summed E-state index contributed by atoms with van der Waals surface area (Å²) in [6.07, 6.45) is 2.62. The number of hydrogen-bond acceptors (Lipinski definition) is 6. The van der Waals surface area contributed by atoms with E-state index in [-0.39, 0.29) is 12.4 Å². The molecule has 0 radical (unpaired) electrons. The van der Waals surface area contributed by atoms with Crippen molar-refractivity contribution >= 4 is 40.6 Å². The van der Waals surface area contributed by atoms with Crippen molar-refractivity contribution in [2.45, 2.75) is 31.3 Å². The number of para-hydroxylation sites is 1. The summed E-state index contributed by atoms with van der Waals surface area (Å²) in [7, 11) is 0. The number of guanidine groups is 1. The molecule has 0 aliphatic carbocycles. The van der Waals surface area contributed by atoms with Gasteiger partial charge in [0.1, 0.15) is 12.6 Å². The molecule has 0 aliphatic heterocycles. The molecule has 0 fully saturated rings. The summed E-state index contributed by atoms with van der Waals surface area (Å²) in [6.45, 7) is -0.674. The molecule has 0 saturated carbocycles. The van der Waals surface area contributed by atoms with E-state index in [0.29, 0.717) is 19.4 Å². The van der Waals surface area contributed by atoms with Crippen LogP contribution in [0.25, 0.3) is 10.9 Å². The van der Waals surface area contributed by atoms with Crippen molar-refractivity contribution in [3.8, 4) is 0 Å². The molecule has 34 heavy (non-hydrogen) atoms. The number of nitrogens with zero attached hydrogens (tertiary/aromatic N) is 1. The first-order chi connectivity index (χ1) is 16.2. The van der Waals surface area contributed by atoms with Gasteiger partial charge in [-0.05, 0) is 24.5 Å². The summed E-state index contributed by atoms with van der Waals surface area (Å²) in [4.78, 5) is 54.8. The van der Waals surface area contributed by atoms with E-state index in [0.717, 1.165) is 16.5 Å². The van der Waals surface area contributed by atoms with Crippen LogP contribution in [0.4, 0.5) is 0 Å². The molecular formula is C21H30N8O5. The Bertz CT molecular complexity index is 1050. The number of aromatic nitrogens is 1. The Balaban J connectivity index is 1.95. The Morgan fingerprint density at radius 2 is 1.76 bits per heavy atom. The lowest BCUT2D eigenvalue weighted by Gasteiger charge is -2.18. The average molecular weight is 475 g/mol. The van der Waals surface area contributed by atoms with Crippen LogP contribution in [-0.2, 0) is 25.6 Å². The normalized spacial score (nSPS) is 12.4. The van der Waals surface area contributed by atoms with Crippen LogP contribution in [0.2, 0.25) is 0 Å². The predicted octanol–water partition coefficient (Wildman–Crippen LogP) is -2.11. The van der Waals surface area contributed by atoms with Crippen LogP contribution in [0.1, 0.15) is 18.4 Å². The number of rotatable bonds is 13. The zero-order chi connectivity index (χ0) is 25.1. The van der Waals surface area contributed by atoms with Crippen LogP contribution in [0.3, 0.4) is 0 Å². The van der Waals surface area contributed by atoms with E-state index in [1.807, 2.05) is 24.3 Å². The molecule has 184 valence electrons. The number of carbonyl (C=O) groups excluding carboxylic acids is 3. The van der Waals surface area contributed by atoms with E-state index >= 15 is 0 Å². The molecule has 3 amide bonds. The van der Waals surface area contributed by atoms with Crippen molar-refractivity contribution in [2.75, 3.05) is 19.6 Å². The average Bonchev–Trinajstić information content (AvgIpc) is 3.20. The van der Waals surface area contributed by atoms with Gasteiger partial charge in [0.05, 0.1) is 12.6 Å². The third-order valence-electron chi connectivity index (χ3n) is 4.89. The van der Waals surface area contributed by atoms with Crippen LogP contribution in [0.15, 0.2) is 35.5 Å². The largest absolute Gasteiger partial charge is 0.480 e. The number of aliphatic imine (C=N–C) groups is 1. The van der Waals surface area contributed by atoms with Crippen LogP contribution in [0, 0.1) is 0 Å². The molecular weight excluding hydrogens is 444 g/mol. The maximum absolute atomic E-state index is 12.6. The summed E-state index contributed by atoms with van der Waals surface area (Å²) in [6, 6.07) is 5.51. The van der Waals surface area contributed by atoms with Crippen LogP contribution in [0.5, 0.6) is 0 Å². The highest BCUT2D eigenvalue weighted by molar-refractivity contribution is 5.93. The smallest absolute Gasteiger partial charge is 0.322 e. The van der Waals surface area contributed by atoms with Gasteiger partial charge in [0.2, 0.25) is 17.7 Å². The van der Waals surface area contributed by atoms with Gasteiger partial charge in [-0.2, -0.15) is 0 Å². The van der Waals surface area contributed by atoms with Crippen molar-refractivity contribution in [1.29, 1.82) is 0 Å². The number of carboxylic acids is 1.